The minimum absolute atomic E-state index is 0.0649. The van der Waals surface area contributed by atoms with E-state index in [0.717, 1.165) is 11.3 Å². The molecule has 6 nitrogen and oxygen atoms in total. The quantitative estimate of drug-likeness (QED) is 0.370. The molecule has 2 heterocycles. The topological polar surface area (TPSA) is 83.6 Å². The van der Waals surface area contributed by atoms with E-state index in [0.29, 0.717) is 16.8 Å². The number of pyridine rings is 1. The van der Waals surface area contributed by atoms with E-state index >= 15 is 0 Å². The van der Waals surface area contributed by atoms with Gasteiger partial charge in [-0.15, -0.1) is 0 Å². The maximum atomic E-state index is 13.4. The van der Waals surface area contributed by atoms with E-state index in [1.807, 2.05) is 42.5 Å². The van der Waals surface area contributed by atoms with Crippen LogP contribution in [0.5, 0.6) is 0 Å². The van der Waals surface area contributed by atoms with Crippen molar-refractivity contribution >= 4 is 12.0 Å². The first-order valence-corrected chi connectivity index (χ1v) is 9.84. The molecule has 0 unspecified atom stereocenters. The normalized spacial score (nSPS) is 11.1. The summed E-state index contributed by atoms with van der Waals surface area (Å²) in [5.74, 6) is -0.866. The summed E-state index contributed by atoms with van der Waals surface area (Å²) in [4.78, 5) is 16.6. The van der Waals surface area contributed by atoms with Crippen LogP contribution >= 0.6 is 0 Å². The van der Waals surface area contributed by atoms with Crippen LogP contribution in [-0.2, 0) is 11.3 Å². The summed E-state index contributed by atoms with van der Waals surface area (Å²) in [7, 11) is 0. The van der Waals surface area contributed by atoms with Gasteiger partial charge in [0.05, 0.1) is 11.4 Å². The second-order valence-electron chi connectivity index (χ2n) is 6.93. The van der Waals surface area contributed by atoms with E-state index < -0.39 is 5.91 Å². The van der Waals surface area contributed by atoms with E-state index in [-0.39, 0.29) is 17.9 Å². The number of nitriles is 1. The monoisotopic (exact) mass is 423 g/mol. The van der Waals surface area contributed by atoms with Crippen LogP contribution in [0.2, 0.25) is 0 Å². The molecule has 0 bridgehead atoms. The molecule has 0 fully saturated rings. The Morgan fingerprint density at radius 2 is 1.88 bits per heavy atom. The highest BCUT2D eigenvalue weighted by atomic mass is 19.1. The van der Waals surface area contributed by atoms with Crippen molar-refractivity contribution in [1.29, 1.82) is 5.26 Å². The molecule has 0 aliphatic carbocycles. The molecule has 1 amide bonds. The first-order chi connectivity index (χ1) is 15.6. The van der Waals surface area contributed by atoms with E-state index in [2.05, 4.69) is 15.4 Å². The third-order valence-corrected chi connectivity index (χ3v) is 4.72. The molecular weight excluding hydrogens is 405 g/mol. The minimum Gasteiger partial charge on any atom is -0.347 e. The zero-order valence-electron chi connectivity index (χ0n) is 16.9. The number of benzene rings is 2. The average Bonchev–Trinajstić information content (AvgIpc) is 3.26. The Morgan fingerprint density at radius 1 is 1.09 bits per heavy atom. The summed E-state index contributed by atoms with van der Waals surface area (Å²) < 4.78 is 15.1. The van der Waals surface area contributed by atoms with Crippen molar-refractivity contribution in [2.45, 2.75) is 6.54 Å². The van der Waals surface area contributed by atoms with Gasteiger partial charge in [0.15, 0.2) is 0 Å². The second kappa shape index (κ2) is 9.49. The minimum atomic E-state index is -0.506. The van der Waals surface area contributed by atoms with Crippen molar-refractivity contribution < 1.29 is 9.18 Å². The average molecular weight is 423 g/mol. The van der Waals surface area contributed by atoms with Crippen LogP contribution in [0.1, 0.15) is 11.1 Å². The van der Waals surface area contributed by atoms with Crippen molar-refractivity contribution in [3.8, 4) is 23.0 Å². The highest BCUT2D eigenvalue weighted by molar-refractivity contribution is 6.02. The zero-order valence-corrected chi connectivity index (χ0v) is 16.9. The van der Waals surface area contributed by atoms with Crippen molar-refractivity contribution in [2.24, 2.45) is 0 Å². The predicted octanol–water partition coefficient (Wildman–Crippen LogP) is 4.30. The molecule has 0 aliphatic rings. The van der Waals surface area contributed by atoms with Crippen molar-refractivity contribution in [3.05, 3.63) is 108 Å². The van der Waals surface area contributed by atoms with Crippen LogP contribution in [0.4, 0.5) is 4.39 Å². The Balaban J connectivity index is 1.69. The fourth-order valence-corrected chi connectivity index (χ4v) is 3.12. The van der Waals surface area contributed by atoms with E-state index in [4.69, 9.17) is 0 Å². The number of carbonyl (C=O) groups excluding carboxylic acids is 1. The zero-order chi connectivity index (χ0) is 22.3. The Kier molecular flexibility index (Phi) is 6.14. The molecule has 0 aliphatic heterocycles. The summed E-state index contributed by atoms with van der Waals surface area (Å²) >= 11 is 0. The Labute approximate surface area is 184 Å². The van der Waals surface area contributed by atoms with Gasteiger partial charge in [-0.05, 0) is 54.1 Å². The van der Waals surface area contributed by atoms with Gasteiger partial charge in [0.1, 0.15) is 17.5 Å². The maximum Gasteiger partial charge on any atom is 0.262 e. The number of carbonyl (C=O) groups is 1. The standard InChI is InChI=1S/C25H18FN5O/c26-22-10-8-19(9-11-22)24-21(17-31(30-24)23-6-2-1-3-7-23)13-20(14-27)25(32)29-16-18-5-4-12-28-15-18/h1-13,15,17H,16H2,(H,29,32). The van der Waals surface area contributed by atoms with Crippen LogP contribution < -0.4 is 5.32 Å². The number of amides is 1. The smallest absolute Gasteiger partial charge is 0.262 e. The van der Waals surface area contributed by atoms with Gasteiger partial charge in [0, 0.05) is 36.3 Å². The van der Waals surface area contributed by atoms with Crippen molar-refractivity contribution in [2.75, 3.05) is 0 Å². The van der Waals surface area contributed by atoms with Gasteiger partial charge in [-0.1, -0.05) is 24.3 Å². The summed E-state index contributed by atoms with van der Waals surface area (Å²) in [6.07, 6.45) is 6.52. The van der Waals surface area contributed by atoms with Crippen LogP contribution in [-0.4, -0.2) is 20.7 Å². The highest BCUT2D eigenvalue weighted by Crippen LogP contribution is 2.26. The molecule has 0 radical (unpaired) electrons. The number of halogens is 1. The fraction of sp³-hybridized carbons (Fsp3) is 0.0400. The lowest BCUT2D eigenvalue weighted by atomic mass is 10.1. The molecule has 0 saturated heterocycles. The molecule has 0 atom stereocenters. The maximum absolute atomic E-state index is 13.4. The van der Waals surface area contributed by atoms with Gasteiger partial charge in [-0.2, -0.15) is 10.4 Å². The number of nitrogens with zero attached hydrogens (tertiary/aromatic N) is 4. The lowest BCUT2D eigenvalue weighted by Gasteiger charge is -2.04. The van der Waals surface area contributed by atoms with Gasteiger partial charge >= 0.3 is 0 Å². The summed E-state index contributed by atoms with van der Waals surface area (Å²) in [6, 6.07) is 20.9. The number of nitrogens with one attached hydrogen (secondary N) is 1. The van der Waals surface area contributed by atoms with Gasteiger partial charge in [-0.25, -0.2) is 9.07 Å². The van der Waals surface area contributed by atoms with Crippen molar-refractivity contribution in [1.82, 2.24) is 20.1 Å². The van der Waals surface area contributed by atoms with Gasteiger partial charge < -0.3 is 5.32 Å². The first kappa shape index (κ1) is 20.7. The van der Waals surface area contributed by atoms with Crippen LogP contribution in [0.3, 0.4) is 0 Å². The third-order valence-electron chi connectivity index (χ3n) is 4.72. The lowest BCUT2D eigenvalue weighted by molar-refractivity contribution is -0.117. The molecule has 2 aromatic carbocycles. The summed E-state index contributed by atoms with van der Waals surface area (Å²) in [6.45, 7) is 0.250. The SMILES string of the molecule is N#CC(=Cc1cn(-c2ccccc2)nc1-c1ccc(F)cc1)C(=O)NCc1cccnc1. The number of rotatable bonds is 6. The van der Waals surface area contributed by atoms with E-state index in [1.165, 1.54) is 18.2 Å². The summed E-state index contributed by atoms with van der Waals surface area (Å²) in [5, 5.41) is 17.0. The van der Waals surface area contributed by atoms with E-state index in [1.54, 1.807) is 41.5 Å². The predicted molar refractivity (Wildman–Crippen MR) is 119 cm³/mol. The van der Waals surface area contributed by atoms with Crippen molar-refractivity contribution in [3.63, 3.8) is 0 Å². The summed E-state index contributed by atoms with van der Waals surface area (Å²) in [5.41, 5.74) is 3.33. The van der Waals surface area contributed by atoms with Gasteiger partial charge in [-0.3, -0.25) is 9.78 Å². The Hall–Kier alpha value is -4.57. The van der Waals surface area contributed by atoms with Gasteiger partial charge in [0.25, 0.3) is 5.91 Å². The lowest BCUT2D eigenvalue weighted by Crippen LogP contribution is -2.24. The third kappa shape index (κ3) is 4.77. The van der Waals surface area contributed by atoms with Crippen LogP contribution in [0, 0.1) is 17.1 Å². The Morgan fingerprint density at radius 3 is 2.56 bits per heavy atom. The second-order valence-corrected chi connectivity index (χ2v) is 6.93. The molecule has 0 saturated carbocycles. The molecule has 2 aromatic heterocycles. The molecule has 4 aromatic rings. The molecule has 0 spiro atoms. The van der Waals surface area contributed by atoms with E-state index in [9.17, 15) is 14.4 Å². The molecule has 156 valence electrons. The molecular formula is C25H18FN5O. The first-order valence-electron chi connectivity index (χ1n) is 9.84. The fourth-order valence-electron chi connectivity index (χ4n) is 3.12. The molecule has 32 heavy (non-hydrogen) atoms. The number of aromatic nitrogens is 3. The Bertz CT molecular complexity index is 1290. The molecule has 1 N–H and O–H groups in total. The molecule has 4 rings (SSSR count). The van der Waals surface area contributed by atoms with Crippen LogP contribution in [0.15, 0.2) is 90.9 Å². The number of hydrogen-bond acceptors (Lipinski definition) is 4. The largest absolute Gasteiger partial charge is 0.347 e. The number of hydrogen-bond donors (Lipinski definition) is 1. The van der Waals surface area contributed by atoms with Gasteiger partial charge in [0.2, 0.25) is 0 Å². The number of para-hydroxylation sites is 1. The molecule has 7 heteroatoms. The van der Waals surface area contributed by atoms with Crippen LogP contribution in [0.25, 0.3) is 23.0 Å². The highest BCUT2D eigenvalue weighted by Gasteiger charge is 2.15.